The number of benzene rings is 1. The minimum Gasteiger partial charge on any atom is -0.360 e. The molecule has 0 N–H and O–H groups in total. The molecule has 3 rings (SSSR count). The lowest BCUT2D eigenvalue weighted by molar-refractivity contribution is -0.135. The lowest BCUT2D eigenvalue weighted by atomic mass is 10.0. The Bertz CT molecular complexity index is 758. The van der Waals surface area contributed by atoms with E-state index in [4.69, 9.17) is 9.97 Å². The monoisotopic (exact) mass is 338 g/mol. The largest absolute Gasteiger partial charge is 0.360 e. The summed E-state index contributed by atoms with van der Waals surface area (Å²) in [7, 11) is 2.04. The summed E-state index contributed by atoms with van der Waals surface area (Å²) in [6.45, 7) is 8.19. The molecular weight excluding hydrogens is 312 g/mol. The first kappa shape index (κ1) is 17.4. The van der Waals surface area contributed by atoms with E-state index in [1.54, 1.807) is 0 Å². The van der Waals surface area contributed by atoms with Crippen molar-refractivity contribution < 1.29 is 4.79 Å². The molecule has 0 bridgehead atoms. The first-order valence-corrected chi connectivity index (χ1v) is 8.96. The third-order valence-electron chi connectivity index (χ3n) is 4.71. The second-order valence-corrected chi connectivity index (χ2v) is 6.84. The number of hydrogen-bond donors (Lipinski definition) is 0. The molecule has 0 spiro atoms. The van der Waals surface area contributed by atoms with Crippen LogP contribution in [-0.2, 0) is 17.8 Å². The van der Waals surface area contributed by atoms with E-state index < -0.39 is 0 Å². The van der Waals surface area contributed by atoms with Crippen molar-refractivity contribution in [3.8, 4) is 11.4 Å². The van der Waals surface area contributed by atoms with E-state index in [9.17, 15) is 4.79 Å². The van der Waals surface area contributed by atoms with Crippen LogP contribution < -0.4 is 4.90 Å². The molecule has 1 amide bonds. The van der Waals surface area contributed by atoms with E-state index in [-0.39, 0.29) is 11.8 Å². The van der Waals surface area contributed by atoms with Gasteiger partial charge in [0.25, 0.3) is 0 Å². The van der Waals surface area contributed by atoms with Crippen molar-refractivity contribution in [1.82, 2.24) is 14.9 Å². The number of anilines is 1. The zero-order chi connectivity index (χ0) is 18.0. The van der Waals surface area contributed by atoms with Crippen LogP contribution in [0, 0.1) is 5.92 Å². The summed E-state index contributed by atoms with van der Waals surface area (Å²) in [6, 6.07) is 10.1. The van der Waals surface area contributed by atoms with Gasteiger partial charge in [-0.2, -0.15) is 0 Å². The van der Waals surface area contributed by atoms with E-state index in [1.165, 1.54) is 0 Å². The lowest BCUT2D eigenvalue weighted by Gasteiger charge is -2.32. The number of aromatic nitrogens is 2. The first-order valence-electron chi connectivity index (χ1n) is 8.96. The molecule has 0 saturated heterocycles. The third-order valence-corrected chi connectivity index (χ3v) is 4.71. The molecule has 5 nitrogen and oxygen atoms in total. The summed E-state index contributed by atoms with van der Waals surface area (Å²) in [6.07, 6.45) is 0.778. The molecule has 2 heterocycles. The molecule has 0 atom stereocenters. The second kappa shape index (κ2) is 7.21. The van der Waals surface area contributed by atoms with Crippen LogP contribution in [0.1, 0.15) is 32.0 Å². The second-order valence-electron chi connectivity index (χ2n) is 6.84. The summed E-state index contributed by atoms with van der Waals surface area (Å²) in [4.78, 5) is 26.2. The number of rotatable bonds is 4. The summed E-state index contributed by atoms with van der Waals surface area (Å²) in [5, 5.41) is 0. The van der Waals surface area contributed by atoms with Crippen LogP contribution in [0.2, 0.25) is 0 Å². The van der Waals surface area contributed by atoms with Crippen LogP contribution >= 0.6 is 0 Å². The summed E-state index contributed by atoms with van der Waals surface area (Å²) >= 11 is 0. The molecule has 0 fully saturated rings. The molecule has 25 heavy (non-hydrogen) atoms. The molecule has 2 aromatic rings. The Morgan fingerprint density at radius 3 is 2.60 bits per heavy atom. The van der Waals surface area contributed by atoms with Crippen molar-refractivity contribution in [2.45, 2.75) is 33.7 Å². The standard InChI is InChI=1S/C20H26N4O/c1-5-23(4)19-16-13-24(20(25)14(2)3)12-11-17(16)21-18(22-19)15-9-7-6-8-10-15/h6-10,14H,5,11-13H2,1-4H3. The highest BCUT2D eigenvalue weighted by atomic mass is 16.2. The number of amides is 1. The van der Waals surface area contributed by atoms with Crippen molar-refractivity contribution in [3.63, 3.8) is 0 Å². The number of nitrogens with zero attached hydrogens (tertiary/aromatic N) is 4. The summed E-state index contributed by atoms with van der Waals surface area (Å²) < 4.78 is 0. The molecule has 5 heteroatoms. The fraction of sp³-hybridized carbons (Fsp3) is 0.450. The van der Waals surface area contributed by atoms with Crippen LogP contribution in [0.3, 0.4) is 0 Å². The maximum absolute atomic E-state index is 12.4. The highest BCUT2D eigenvalue weighted by Gasteiger charge is 2.27. The number of carbonyl (C=O) groups is 1. The molecule has 0 aliphatic carbocycles. The van der Waals surface area contributed by atoms with Crippen molar-refractivity contribution in [2.75, 3.05) is 25.0 Å². The minimum absolute atomic E-state index is 0.0124. The van der Waals surface area contributed by atoms with Crippen molar-refractivity contribution >= 4 is 11.7 Å². The zero-order valence-electron chi connectivity index (χ0n) is 15.5. The van der Waals surface area contributed by atoms with Gasteiger partial charge >= 0.3 is 0 Å². The third kappa shape index (κ3) is 3.50. The van der Waals surface area contributed by atoms with E-state index in [2.05, 4.69) is 11.8 Å². The highest BCUT2D eigenvalue weighted by molar-refractivity contribution is 5.78. The number of fused-ring (bicyclic) bond motifs is 1. The van der Waals surface area contributed by atoms with E-state index in [0.29, 0.717) is 6.54 Å². The first-order chi connectivity index (χ1) is 12.0. The molecule has 1 aliphatic rings. The van der Waals surface area contributed by atoms with Gasteiger partial charge in [0.1, 0.15) is 5.82 Å². The van der Waals surface area contributed by atoms with E-state index in [1.807, 2.05) is 56.1 Å². The molecule has 0 saturated carbocycles. The Morgan fingerprint density at radius 2 is 1.96 bits per heavy atom. The van der Waals surface area contributed by atoms with Gasteiger partial charge in [0.2, 0.25) is 5.91 Å². The zero-order valence-corrected chi connectivity index (χ0v) is 15.5. The van der Waals surface area contributed by atoms with Crippen molar-refractivity contribution in [2.24, 2.45) is 5.92 Å². The van der Waals surface area contributed by atoms with Crippen LogP contribution in [0.25, 0.3) is 11.4 Å². The number of hydrogen-bond acceptors (Lipinski definition) is 4. The van der Waals surface area contributed by atoms with Crippen LogP contribution in [0.4, 0.5) is 5.82 Å². The Kier molecular flexibility index (Phi) is 5.02. The highest BCUT2D eigenvalue weighted by Crippen LogP contribution is 2.29. The molecular formula is C20H26N4O. The Hall–Kier alpha value is -2.43. The van der Waals surface area contributed by atoms with Gasteiger partial charge < -0.3 is 9.80 Å². The molecule has 132 valence electrons. The fourth-order valence-corrected chi connectivity index (χ4v) is 3.13. The maximum Gasteiger partial charge on any atom is 0.225 e. The van der Waals surface area contributed by atoms with Gasteiger partial charge in [-0.05, 0) is 6.92 Å². The van der Waals surface area contributed by atoms with Gasteiger partial charge in [0.05, 0.1) is 12.2 Å². The Labute approximate surface area is 149 Å². The molecule has 1 aliphatic heterocycles. The SMILES string of the molecule is CCN(C)c1nc(-c2ccccc2)nc2c1CN(C(=O)C(C)C)CC2. The van der Waals surface area contributed by atoms with E-state index in [0.717, 1.165) is 48.0 Å². The summed E-state index contributed by atoms with van der Waals surface area (Å²) in [5.74, 6) is 1.91. The van der Waals surface area contributed by atoms with Gasteiger partial charge in [0, 0.05) is 43.6 Å². The fourth-order valence-electron chi connectivity index (χ4n) is 3.13. The van der Waals surface area contributed by atoms with Crippen LogP contribution in [0.15, 0.2) is 30.3 Å². The average Bonchev–Trinajstić information content (AvgIpc) is 2.66. The molecule has 0 unspecified atom stereocenters. The molecule has 1 aromatic carbocycles. The van der Waals surface area contributed by atoms with E-state index >= 15 is 0 Å². The van der Waals surface area contributed by atoms with Crippen LogP contribution in [0.5, 0.6) is 0 Å². The summed E-state index contributed by atoms with van der Waals surface area (Å²) in [5.41, 5.74) is 3.18. The number of carbonyl (C=O) groups excluding carboxylic acids is 1. The van der Waals surface area contributed by atoms with Gasteiger partial charge in [-0.15, -0.1) is 0 Å². The Balaban J connectivity index is 2.04. The Morgan fingerprint density at radius 1 is 1.24 bits per heavy atom. The van der Waals surface area contributed by atoms with Gasteiger partial charge in [-0.25, -0.2) is 9.97 Å². The van der Waals surface area contributed by atoms with Crippen molar-refractivity contribution in [1.29, 1.82) is 0 Å². The average molecular weight is 338 g/mol. The predicted molar refractivity (Wildman–Crippen MR) is 100 cm³/mol. The van der Waals surface area contributed by atoms with Gasteiger partial charge in [-0.1, -0.05) is 44.2 Å². The molecule has 0 radical (unpaired) electrons. The minimum atomic E-state index is 0.0124. The van der Waals surface area contributed by atoms with Crippen LogP contribution in [-0.4, -0.2) is 40.9 Å². The maximum atomic E-state index is 12.4. The van der Waals surface area contributed by atoms with Crippen molar-refractivity contribution in [3.05, 3.63) is 41.6 Å². The quantitative estimate of drug-likeness (QED) is 0.859. The smallest absolute Gasteiger partial charge is 0.225 e. The predicted octanol–water partition coefficient (Wildman–Crippen LogP) is 3.14. The van der Waals surface area contributed by atoms with Gasteiger partial charge in [0.15, 0.2) is 5.82 Å². The topological polar surface area (TPSA) is 49.3 Å². The van der Waals surface area contributed by atoms with Gasteiger partial charge in [-0.3, -0.25) is 4.79 Å². The molecule has 1 aromatic heterocycles. The normalized spacial score (nSPS) is 13.7. The lowest BCUT2D eigenvalue weighted by Crippen LogP contribution is -2.39.